The summed E-state index contributed by atoms with van der Waals surface area (Å²) in [5, 5.41) is 0. The Kier molecular flexibility index (Phi) is 2.80. The lowest BCUT2D eigenvalue weighted by atomic mass is 9.99. The topological polar surface area (TPSA) is 26.3 Å². The first-order valence-electron chi connectivity index (χ1n) is 2.68. The van der Waals surface area contributed by atoms with Crippen molar-refractivity contribution >= 4 is 6.47 Å². The van der Waals surface area contributed by atoms with Crippen molar-refractivity contribution in [3.05, 3.63) is 0 Å². The van der Waals surface area contributed by atoms with Gasteiger partial charge in [-0.2, -0.15) is 0 Å². The van der Waals surface area contributed by atoms with Crippen molar-refractivity contribution in [2.75, 3.05) is 0 Å². The maximum absolute atomic E-state index is 9.57. The maximum atomic E-state index is 9.57. The third kappa shape index (κ3) is 7.03. The van der Waals surface area contributed by atoms with E-state index in [2.05, 4.69) is 16.8 Å². The van der Waals surface area contributed by atoms with E-state index in [-0.39, 0.29) is 5.41 Å². The first-order chi connectivity index (χ1) is 4.06. The number of rotatable bonds is 1. The normalized spacial score (nSPS) is 9.22. The highest BCUT2D eigenvalue weighted by Crippen LogP contribution is 2.09. The molecular formula is C7H10O2. The first-order valence-corrected chi connectivity index (χ1v) is 2.68. The van der Waals surface area contributed by atoms with E-state index in [1.807, 2.05) is 20.8 Å². The van der Waals surface area contributed by atoms with Gasteiger partial charge in [0, 0.05) is 5.41 Å². The Bertz CT molecular complexity index is 143. The van der Waals surface area contributed by atoms with Gasteiger partial charge in [-0.15, -0.1) is 0 Å². The molecule has 0 aliphatic heterocycles. The number of hydrogen-bond donors (Lipinski definition) is 0. The largest absolute Gasteiger partial charge is 0.375 e. The van der Waals surface area contributed by atoms with Crippen LogP contribution in [0.1, 0.15) is 20.8 Å². The van der Waals surface area contributed by atoms with Gasteiger partial charge in [0.15, 0.2) is 0 Å². The van der Waals surface area contributed by atoms with Crippen LogP contribution in [0.5, 0.6) is 0 Å². The molecule has 0 aromatic rings. The van der Waals surface area contributed by atoms with Gasteiger partial charge in [0.05, 0.1) is 0 Å². The van der Waals surface area contributed by atoms with E-state index < -0.39 is 0 Å². The fraction of sp³-hybridized carbons (Fsp3) is 0.571. The third-order valence-electron chi connectivity index (χ3n) is 0.533. The molecule has 0 saturated carbocycles. The zero-order chi connectivity index (χ0) is 7.33. The summed E-state index contributed by atoms with van der Waals surface area (Å²) in [7, 11) is 0. The monoisotopic (exact) mass is 126 g/mol. The molecule has 0 N–H and O–H groups in total. The van der Waals surface area contributed by atoms with Gasteiger partial charge in [0.25, 0.3) is 0 Å². The van der Waals surface area contributed by atoms with E-state index in [9.17, 15) is 4.79 Å². The maximum Gasteiger partial charge on any atom is 0.307 e. The number of carbonyl (C=O) groups is 1. The number of carbonyl (C=O) groups excluding carboxylic acids is 1. The van der Waals surface area contributed by atoms with Crippen molar-refractivity contribution in [3.63, 3.8) is 0 Å². The predicted molar refractivity (Wildman–Crippen MR) is 34.4 cm³/mol. The van der Waals surface area contributed by atoms with Crippen LogP contribution < -0.4 is 0 Å². The molecular weight excluding hydrogens is 116 g/mol. The van der Waals surface area contributed by atoms with E-state index >= 15 is 0 Å². The summed E-state index contributed by atoms with van der Waals surface area (Å²) < 4.78 is 4.17. The Labute approximate surface area is 55.2 Å². The molecule has 0 aliphatic rings. The Morgan fingerprint density at radius 1 is 1.44 bits per heavy atom. The van der Waals surface area contributed by atoms with Crippen LogP contribution in [-0.4, -0.2) is 6.47 Å². The van der Waals surface area contributed by atoms with Crippen molar-refractivity contribution in [1.29, 1.82) is 0 Å². The highest BCUT2D eigenvalue weighted by molar-refractivity contribution is 5.39. The molecule has 0 unspecified atom stereocenters. The second kappa shape index (κ2) is 3.13. The summed E-state index contributed by atoms with van der Waals surface area (Å²) in [6.07, 6.45) is 2.26. The SMILES string of the molecule is CC(C)(C)C#COC=O. The van der Waals surface area contributed by atoms with E-state index in [4.69, 9.17) is 0 Å². The van der Waals surface area contributed by atoms with Crippen LogP contribution in [-0.2, 0) is 9.53 Å². The highest BCUT2D eigenvalue weighted by Gasteiger charge is 2.03. The van der Waals surface area contributed by atoms with Crippen LogP contribution >= 0.6 is 0 Å². The molecule has 2 nitrogen and oxygen atoms in total. The Hall–Kier alpha value is -0.970. The van der Waals surface area contributed by atoms with E-state index in [1.165, 1.54) is 0 Å². The molecule has 0 aromatic heterocycles. The Morgan fingerprint density at radius 3 is 2.33 bits per heavy atom. The van der Waals surface area contributed by atoms with Crippen LogP contribution in [0.15, 0.2) is 0 Å². The molecule has 50 valence electrons. The van der Waals surface area contributed by atoms with Crippen LogP contribution in [0.3, 0.4) is 0 Å². The predicted octanol–water partition coefficient (Wildman–Crippen LogP) is 1.17. The van der Waals surface area contributed by atoms with Gasteiger partial charge in [-0.05, 0) is 20.8 Å². The van der Waals surface area contributed by atoms with Gasteiger partial charge in [-0.3, -0.25) is 4.79 Å². The van der Waals surface area contributed by atoms with Crippen LogP contribution in [0.25, 0.3) is 0 Å². The molecule has 0 bridgehead atoms. The van der Waals surface area contributed by atoms with Crippen LogP contribution in [0, 0.1) is 17.4 Å². The van der Waals surface area contributed by atoms with Crippen molar-refractivity contribution in [2.24, 2.45) is 5.41 Å². The van der Waals surface area contributed by atoms with Gasteiger partial charge in [-0.25, -0.2) is 0 Å². The minimum atomic E-state index is -0.0942. The molecule has 0 spiro atoms. The second-order valence-corrected chi connectivity index (χ2v) is 2.69. The van der Waals surface area contributed by atoms with E-state index in [1.54, 1.807) is 0 Å². The lowest BCUT2D eigenvalue weighted by Gasteiger charge is -2.05. The Balaban J connectivity index is 3.72. The van der Waals surface area contributed by atoms with Crippen molar-refractivity contribution in [1.82, 2.24) is 0 Å². The average molecular weight is 126 g/mol. The van der Waals surface area contributed by atoms with Gasteiger partial charge < -0.3 is 4.74 Å². The first kappa shape index (κ1) is 8.03. The average Bonchev–Trinajstić information content (AvgIpc) is 1.63. The molecule has 0 rings (SSSR count). The van der Waals surface area contributed by atoms with Gasteiger partial charge in [0.1, 0.15) is 6.11 Å². The molecule has 0 aromatic carbocycles. The lowest BCUT2D eigenvalue weighted by molar-refractivity contribution is -0.122. The summed E-state index contributed by atoms with van der Waals surface area (Å²) in [4.78, 5) is 9.57. The van der Waals surface area contributed by atoms with Crippen LogP contribution in [0.2, 0.25) is 0 Å². The van der Waals surface area contributed by atoms with E-state index in [0.717, 1.165) is 0 Å². The fourth-order valence-electron chi connectivity index (χ4n) is 0.207. The van der Waals surface area contributed by atoms with Gasteiger partial charge >= 0.3 is 6.47 Å². The van der Waals surface area contributed by atoms with Gasteiger partial charge in [0.2, 0.25) is 0 Å². The molecule has 0 amide bonds. The molecule has 2 heteroatoms. The standard InChI is InChI=1S/C7H10O2/c1-7(2,3)4-5-9-6-8/h6H,1-3H3. The lowest BCUT2D eigenvalue weighted by Crippen LogP contribution is -1.99. The highest BCUT2D eigenvalue weighted by atomic mass is 16.5. The summed E-state index contributed by atoms with van der Waals surface area (Å²) in [6.45, 7) is 6.13. The summed E-state index contributed by atoms with van der Waals surface area (Å²) in [5.41, 5.74) is -0.0942. The zero-order valence-electron chi connectivity index (χ0n) is 5.89. The molecule has 0 atom stereocenters. The summed E-state index contributed by atoms with van der Waals surface area (Å²) in [6, 6.07) is 0. The summed E-state index contributed by atoms with van der Waals surface area (Å²) in [5.74, 6) is 2.72. The van der Waals surface area contributed by atoms with Crippen LogP contribution in [0.4, 0.5) is 0 Å². The van der Waals surface area contributed by atoms with Crippen molar-refractivity contribution in [2.45, 2.75) is 20.8 Å². The van der Waals surface area contributed by atoms with Crippen molar-refractivity contribution < 1.29 is 9.53 Å². The molecule has 0 saturated heterocycles. The van der Waals surface area contributed by atoms with E-state index in [0.29, 0.717) is 6.47 Å². The minimum absolute atomic E-state index is 0.0942. The second-order valence-electron chi connectivity index (χ2n) is 2.69. The fourth-order valence-corrected chi connectivity index (χ4v) is 0.207. The van der Waals surface area contributed by atoms with Crippen molar-refractivity contribution in [3.8, 4) is 12.0 Å². The quantitative estimate of drug-likeness (QED) is 0.389. The molecule has 0 aliphatic carbocycles. The summed E-state index contributed by atoms with van der Waals surface area (Å²) >= 11 is 0. The zero-order valence-corrected chi connectivity index (χ0v) is 5.89. The molecule has 0 heterocycles. The molecule has 0 fully saturated rings. The number of hydrogen-bond acceptors (Lipinski definition) is 2. The number of ether oxygens (including phenoxy) is 1. The Morgan fingerprint density at radius 2 is 2.00 bits per heavy atom. The smallest absolute Gasteiger partial charge is 0.307 e. The van der Waals surface area contributed by atoms with Gasteiger partial charge in [-0.1, -0.05) is 5.92 Å². The molecule has 9 heavy (non-hydrogen) atoms. The third-order valence-corrected chi connectivity index (χ3v) is 0.533. The molecule has 0 radical (unpaired) electrons. The minimum Gasteiger partial charge on any atom is -0.375 e.